The van der Waals surface area contributed by atoms with E-state index in [4.69, 9.17) is 4.74 Å². The van der Waals surface area contributed by atoms with Gasteiger partial charge in [0.1, 0.15) is 11.5 Å². The minimum Gasteiger partial charge on any atom is -0.507 e. The highest BCUT2D eigenvalue weighted by atomic mass is 16.5. The largest absolute Gasteiger partial charge is 0.507 e. The predicted molar refractivity (Wildman–Crippen MR) is 83.6 cm³/mol. The minimum absolute atomic E-state index is 0.233. The van der Waals surface area contributed by atoms with Gasteiger partial charge in [-0.15, -0.1) is 0 Å². The molecule has 1 aliphatic rings. The third-order valence-corrected chi connectivity index (χ3v) is 4.11. The monoisotopic (exact) mass is 293 g/mol. The Labute approximate surface area is 127 Å². The van der Waals surface area contributed by atoms with E-state index in [9.17, 15) is 10.2 Å². The number of aliphatic hydroxyl groups excluding tert-OH is 1. The van der Waals surface area contributed by atoms with Gasteiger partial charge in [-0.05, 0) is 38.3 Å². The summed E-state index contributed by atoms with van der Waals surface area (Å²) in [5.41, 5.74) is 0.934. The fourth-order valence-corrected chi connectivity index (χ4v) is 2.95. The summed E-state index contributed by atoms with van der Waals surface area (Å²) in [7, 11) is 0. The molecule has 2 rings (SSSR count). The first kappa shape index (κ1) is 16.1. The van der Waals surface area contributed by atoms with Crippen molar-refractivity contribution in [3.05, 3.63) is 23.8 Å². The molecule has 1 aromatic carbocycles. The summed E-state index contributed by atoms with van der Waals surface area (Å²) in [4.78, 5) is 2.38. The van der Waals surface area contributed by atoms with E-state index in [2.05, 4.69) is 11.8 Å². The third-order valence-electron chi connectivity index (χ3n) is 4.11. The van der Waals surface area contributed by atoms with E-state index in [1.165, 1.54) is 12.8 Å². The SMILES string of the molecule is CCCOc1ccc(CN2CCCCC2CCO)c(O)c1. The summed E-state index contributed by atoms with van der Waals surface area (Å²) in [6, 6.07) is 6.01. The van der Waals surface area contributed by atoms with Crippen LogP contribution in [-0.4, -0.2) is 40.9 Å². The molecule has 0 amide bonds. The van der Waals surface area contributed by atoms with Crippen molar-refractivity contribution in [2.75, 3.05) is 19.8 Å². The van der Waals surface area contributed by atoms with E-state index in [0.29, 0.717) is 18.4 Å². The van der Waals surface area contributed by atoms with Gasteiger partial charge in [-0.3, -0.25) is 4.90 Å². The zero-order chi connectivity index (χ0) is 15.1. The van der Waals surface area contributed by atoms with E-state index >= 15 is 0 Å². The van der Waals surface area contributed by atoms with Crippen molar-refractivity contribution in [1.82, 2.24) is 4.90 Å². The zero-order valence-electron chi connectivity index (χ0n) is 12.9. The number of rotatable bonds is 7. The molecule has 21 heavy (non-hydrogen) atoms. The fraction of sp³-hybridized carbons (Fsp3) is 0.647. The second kappa shape index (κ2) is 8.25. The molecule has 0 radical (unpaired) electrons. The number of benzene rings is 1. The molecule has 1 aliphatic heterocycles. The first-order valence-electron chi connectivity index (χ1n) is 8.04. The lowest BCUT2D eigenvalue weighted by atomic mass is 9.98. The molecule has 1 heterocycles. The van der Waals surface area contributed by atoms with Crippen molar-refractivity contribution < 1.29 is 14.9 Å². The van der Waals surface area contributed by atoms with Crippen LogP contribution in [0.15, 0.2) is 18.2 Å². The maximum absolute atomic E-state index is 10.2. The van der Waals surface area contributed by atoms with Gasteiger partial charge in [-0.1, -0.05) is 19.4 Å². The van der Waals surface area contributed by atoms with E-state index < -0.39 is 0 Å². The number of nitrogens with zero attached hydrogens (tertiary/aromatic N) is 1. The molecular weight excluding hydrogens is 266 g/mol. The van der Waals surface area contributed by atoms with Gasteiger partial charge in [0.25, 0.3) is 0 Å². The van der Waals surface area contributed by atoms with Crippen LogP contribution in [0.1, 0.15) is 44.6 Å². The van der Waals surface area contributed by atoms with Gasteiger partial charge in [0, 0.05) is 30.8 Å². The Morgan fingerprint density at radius 3 is 2.90 bits per heavy atom. The predicted octanol–water partition coefficient (Wildman–Crippen LogP) is 2.92. The van der Waals surface area contributed by atoms with Gasteiger partial charge in [-0.25, -0.2) is 0 Å². The van der Waals surface area contributed by atoms with Gasteiger partial charge in [0.15, 0.2) is 0 Å². The van der Waals surface area contributed by atoms with Crippen molar-refractivity contribution in [3.8, 4) is 11.5 Å². The van der Waals surface area contributed by atoms with Crippen LogP contribution in [-0.2, 0) is 6.54 Å². The molecule has 4 heteroatoms. The number of hydrogen-bond acceptors (Lipinski definition) is 4. The smallest absolute Gasteiger partial charge is 0.123 e. The zero-order valence-corrected chi connectivity index (χ0v) is 12.9. The standard InChI is InChI=1S/C17H27NO3/c1-2-11-21-16-7-6-14(17(20)12-16)13-18-9-4-3-5-15(18)8-10-19/h6-7,12,15,19-20H,2-5,8-11,13H2,1H3. The van der Waals surface area contributed by atoms with Gasteiger partial charge in [0.2, 0.25) is 0 Å². The van der Waals surface area contributed by atoms with Crippen LogP contribution in [0.3, 0.4) is 0 Å². The number of phenols is 1. The van der Waals surface area contributed by atoms with E-state index in [0.717, 1.165) is 43.7 Å². The Morgan fingerprint density at radius 2 is 2.19 bits per heavy atom. The quantitative estimate of drug-likeness (QED) is 0.811. The highest BCUT2D eigenvalue weighted by Crippen LogP contribution is 2.28. The number of ether oxygens (including phenoxy) is 1. The fourth-order valence-electron chi connectivity index (χ4n) is 2.95. The maximum atomic E-state index is 10.2. The van der Waals surface area contributed by atoms with E-state index in [1.54, 1.807) is 6.07 Å². The molecule has 0 aromatic heterocycles. The summed E-state index contributed by atoms with van der Waals surface area (Å²) in [5.74, 6) is 1.03. The molecule has 1 fully saturated rings. The Kier molecular flexibility index (Phi) is 6.33. The second-order valence-electron chi connectivity index (χ2n) is 5.77. The first-order chi connectivity index (χ1) is 10.2. The second-order valence-corrected chi connectivity index (χ2v) is 5.77. The number of likely N-dealkylation sites (tertiary alicyclic amines) is 1. The summed E-state index contributed by atoms with van der Waals surface area (Å²) in [6.07, 6.45) is 5.34. The minimum atomic E-state index is 0.233. The van der Waals surface area contributed by atoms with Crippen LogP contribution in [0.2, 0.25) is 0 Å². The molecule has 2 N–H and O–H groups in total. The van der Waals surface area contributed by atoms with Crippen molar-refractivity contribution in [2.45, 2.75) is 51.6 Å². The normalized spacial score (nSPS) is 19.6. The molecule has 1 unspecified atom stereocenters. The van der Waals surface area contributed by atoms with Crippen molar-refractivity contribution in [3.63, 3.8) is 0 Å². The Morgan fingerprint density at radius 1 is 1.33 bits per heavy atom. The van der Waals surface area contributed by atoms with Gasteiger partial charge in [-0.2, -0.15) is 0 Å². The van der Waals surface area contributed by atoms with Crippen LogP contribution in [0, 0.1) is 0 Å². The highest BCUT2D eigenvalue weighted by Gasteiger charge is 2.22. The number of hydrogen-bond donors (Lipinski definition) is 2. The summed E-state index contributed by atoms with van der Waals surface area (Å²) < 4.78 is 5.53. The maximum Gasteiger partial charge on any atom is 0.123 e. The molecule has 4 nitrogen and oxygen atoms in total. The summed E-state index contributed by atoms with van der Waals surface area (Å²) in [5, 5.41) is 19.4. The van der Waals surface area contributed by atoms with E-state index in [-0.39, 0.29) is 6.61 Å². The van der Waals surface area contributed by atoms with Crippen LogP contribution >= 0.6 is 0 Å². The van der Waals surface area contributed by atoms with Crippen LogP contribution in [0.4, 0.5) is 0 Å². The Balaban J connectivity index is 2.00. The first-order valence-corrected chi connectivity index (χ1v) is 8.04. The molecule has 0 saturated carbocycles. The Bertz CT molecular complexity index is 434. The highest BCUT2D eigenvalue weighted by molar-refractivity contribution is 5.39. The third kappa shape index (κ3) is 4.61. The van der Waals surface area contributed by atoms with Crippen LogP contribution in [0.25, 0.3) is 0 Å². The number of phenolic OH excluding ortho intramolecular Hbond substituents is 1. The van der Waals surface area contributed by atoms with Crippen molar-refractivity contribution in [2.24, 2.45) is 0 Å². The van der Waals surface area contributed by atoms with Gasteiger partial charge in [0.05, 0.1) is 6.61 Å². The van der Waals surface area contributed by atoms with Crippen molar-refractivity contribution >= 4 is 0 Å². The number of piperidine rings is 1. The number of aliphatic hydroxyl groups is 1. The molecular formula is C17H27NO3. The topological polar surface area (TPSA) is 52.9 Å². The number of aromatic hydroxyl groups is 1. The molecule has 1 atom stereocenters. The van der Waals surface area contributed by atoms with Crippen molar-refractivity contribution in [1.29, 1.82) is 0 Å². The summed E-state index contributed by atoms with van der Waals surface area (Å²) in [6.45, 7) is 4.75. The molecule has 0 bridgehead atoms. The van der Waals surface area contributed by atoms with E-state index in [1.807, 2.05) is 12.1 Å². The molecule has 0 spiro atoms. The van der Waals surface area contributed by atoms with Gasteiger partial charge < -0.3 is 14.9 Å². The summed E-state index contributed by atoms with van der Waals surface area (Å²) >= 11 is 0. The lowest BCUT2D eigenvalue weighted by Crippen LogP contribution is -2.39. The molecule has 1 saturated heterocycles. The molecule has 118 valence electrons. The average molecular weight is 293 g/mol. The average Bonchev–Trinajstić information content (AvgIpc) is 2.49. The lowest BCUT2D eigenvalue weighted by molar-refractivity contribution is 0.111. The Hall–Kier alpha value is -1.26. The van der Waals surface area contributed by atoms with Crippen LogP contribution < -0.4 is 4.74 Å². The molecule has 0 aliphatic carbocycles. The molecule has 1 aromatic rings. The van der Waals surface area contributed by atoms with Gasteiger partial charge >= 0.3 is 0 Å². The van der Waals surface area contributed by atoms with Crippen LogP contribution in [0.5, 0.6) is 11.5 Å². The lowest BCUT2D eigenvalue weighted by Gasteiger charge is -2.35.